The zero-order valence-corrected chi connectivity index (χ0v) is 11.9. The van der Waals surface area contributed by atoms with Crippen molar-refractivity contribution in [2.45, 2.75) is 46.1 Å². The van der Waals surface area contributed by atoms with Crippen molar-refractivity contribution in [3.8, 4) is 0 Å². The highest BCUT2D eigenvalue weighted by Crippen LogP contribution is 2.22. The third-order valence-corrected chi connectivity index (χ3v) is 3.99. The summed E-state index contributed by atoms with van der Waals surface area (Å²) < 4.78 is 0. The minimum absolute atomic E-state index is 0.0166. The van der Waals surface area contributed by atoms with Crippen molar-refractivity contribution in [2.24, 2.45) is 17.8 Å². The second-order valence-electron chi connectivity index (χ2n) is 5.89. The van der Waals surface area contributed by atoms with E-state index in [1.807, 2.05) is 13.8 Å². The molecule has 0 bridgehead atoms. The molecule has 1 saturated heterocycles. The minimum Gasteiger partial charge on any atom is -0.394 e. The number of aliphatic hydroxyl groups is 1. The van der Waals surface area contributed by atoms with Crippen molar-refractivity contribution in [1.29, 1.82) is 0 Å². The molecule has 0 aromatic rings. The maximum Gasteiger partial charge on any atom is 0.220 e. The second kappa shape index (κ2) is 7.74. The molecule has 0 aromatic carbocycles. The number of hydrogen-bond donors (Lipinski definition) is 3. The number of rotatable bonds is 6. The molecule has 3 N–H and O–H groups in total. The normalized spacial score (nSPS) is 23.7. The van der Waals surface area contributed by atoms with Gasteiger partial charge in [0.05, 0.1) is 12.6 Å². The first-order valence-electron chi connectivity index (χ1n) is 7.15. The molecule has 0 radical (unpaired) electrons. The number of aliphatic hydroxyl groups excluding tert-OH is 1. The summed E-state index contributed by atoms with van der Waals surface area (Å²) in [6.45, 7) is 8.33. The molecule has 1 rings (SSSR count). The lowest BCUT2D eigenvalue weighted by atomic mass is 9.85. The molecular weight excluding hydrogens is 228 g/mol. The van der Waals surface area contributed by atoms with Crippen LogP contribution in [0.25, 0.3) is 0 Å². The lowest BCUT2D eigenvalue weighted by Gasteiger charge is -2.28. The maximum absolute atomic E-state index is 11.9. The molecule has 0 aromatic heterocycles. The molecule has 1 fully saturated rings. The zero-order chi connectivity index (χ0) is 13.5. The molecule has 0 spiro atoms. The van der Waals surface area contributed by atoms with Crippen molar-refractivity contribution in [3.05, 3.63) is 0 Å². The third kappa shape index (κ3) is 4.94. The summed E-state index contributed by atoms with van der Waals surface area (Å²) in [5.74, 6) is 1.35. The van der Waals surface area contributed by atoms with Crippen molar-refractivity contribution >= 4 is 5.91 Å². The molecule has 1 amide bonds. The summed E-state index contributed by atoms with van der Waals surface area (Å²) in [5, 5.41) is 15.5. The SMILES string of the molecule is CC(C)C(CO)NC(=O)CC(C)C1CCCNC1. The number of amides is 1. The first-order chi connectivity index (χ1) is 8.54. The smallest absolute Gasteiger partial charge is 0.220 e. The molecule has 1 aliphatic heterocycles. The van der Waals surface area contributed by atoms with Gasteiger partial charge < -0.3 is 15.7 Å². The van der Waals surface area contributed by atoms with E-state index < -0.39 is 0 Å². The van der Waals surface area contributed by atoms with E-state index >= 15 is 0 Å². The highest BCUT2D eigenvalue weighted by Gasteiger charge is 2.23. The molecule has 0 saturated carbocycles. The average molecular weight is 256 g/mol. The van der Waals surface area contributed by atoms with Crippen LogP contribution in [0.3, 0.4) is 0 Å². The zero-order valence-electron chi connectivity index (χ0n) is 11.9. The summed E-state index contributed by atoms with van der Waals surface area (Å²) in [4.78, 5) is 11.9. The van der Waals surface area contributed by atoms with Crippen LogP contribution in [0.5, 0.6) is 0 Å². The van der Waals surface area contributed by atoms with Gasteiger partial charge in [0.1, 0.15) is 0 Å². The fourth-order valence-corrected chi connectivity index (χ4v) is 2.51. The second-order valence-corrected chi connectivity index (χ2v) is 5.89. The van der Waals surface area contributed by atoms with E-state index in [0.717, 1.165) is 13.1 Å². The Hall–Kier alpha value is -0.610. The molecule has 18 heavy (non-hydrogen) atoms. The molecule has 1 heterocycles. The number of carbonyl (C=O) groups excluding carboxylic acids is 1. The van der Waals surface area contributed by atoms with E-state index in [1.54, 1.807) is 0 Å². The highest BCUT2D eigenvalue weighted by atomic mass is 16.3. The summed E-state index contributed by atoms with van der Waals surface area (Å²) in [6.07, 6.45) is 2.99. The van der Waals surface area contributed by atoms with Crippen LogP contribution >= 0.6 is 0 Å². The Morgan fingerprint density at radius 3 is 2.67 bits per heavy atom. The van der Waals surface area contributed by atoms with Crippen LogP contribution in [-0.2, 0) is 4.79 Å². The van der Waals surface area contributed by atoms with Crippen LogP contribution in [0.2, 0.25) is 0 Å². The van der Waals surface area contributed by atoms with E-state index in [1.165, 1.54) is 12.8 Å². The van der Waals surface area contributed by atoms with Gasteiger partial charge in [0.25, 0.3) is 0 Å². The topological polar surface area (TPSA) is 61.4 Å². The summed E-state index contributed by atoms with van der Waals surface area (Å²) in [5.41, 5.74) is 0. The van der Waals surface area contributed by atoms with Crippen molar-refractivity contribution in [1.82, 2.24) is 10.6 Å². The lowest BCUT2D eigenvalue weighted by Crippen LogP contribution is -2.42. The molecular formula is C14H28N2O2. The first-order valence-corrected chi connectivity index (χ1v) is 7.15. The van der Waals surface area contributed by atoms with Crippen LogP contribution < -0.4 is 10.6 Å². The van der Waals surface area contributed by atoms with Crippen molar-refractivity contribution in [2.75, 3.05) is 19.7 Å². The number of carbonyl (C=O) groups is 1. The van der Waals surface area contributed by atoms with E-state index in [2.05, 4.69) is 17.6 Å². The minimum atomic E-state index is -0.116. The van der Waals surface area contributed by atoms with Crippen LogP contribution in [0.4, 0.5) is 0 Å². The Morgan fingerprint density at radius 2 is 2.17 bits per heavy atom. The Balaban J connectivity index is 2.34. The van der Waals surface area contributed by atoms with Gasteiger partial charge in [-0.3, -0.25) is 4.79 Å². The van der Waals surface area contributed by atoms with Gasteiger partial charge in [-0.1, -0.05) is 20.8 Å². The first kappa shape index (κ1) is 15.4. The van der Waals surface area contributed by atoms with Gasteiger partial charge in [-0.15, -0.1) is 0 Å². The highest BCUT2D eigenvalue weighted by molar-refractivity contribution is 5.76. The molecule has 106 valence electrons. The predicted molar refractivity (Wildman–Crippen MR) is 73.2 cm³/mol. The van der Waals surface area contributed by atoms with Crippen LogP contribution in [0.15, 0.2) is 0 Å². The van der Waals surface area contributed by atoms with Gasteiger partial charge >= 0.3 is 0 Å². The lowest BCUT2D eigenvalue weighted by molar-refractivity contribution is -0.123. The van der Waals surface area contributed by atoms with Gasteiger partial charge in [-0.05, 0) is 43.7 Å². The van der Waals surface area contributed by atoms with Crippen molar-refractivity contribution < 1.29 is 9.90 Å². The van der Waals surface area contributed by atoms with Gasteiger partial charge in [0.15, 0.2) is 0 Å². The number of hydrogen-bond acceptors (Lipinski definition) is 3. The molecule has 4 nitrogen and oxygen atoms in total. The van der Waals surface area contributed by atoms with E-state index in [4.69, 9.17) is 0 Å². The standard InChI is InChI=1S/C14H28N2O2/c1-10(2)13(9-17)16-14(18)7-11(3)12-5-4-6-15-8-12/h10-13,15,17H,4-9H2,1-3H3,(H,16,18). The molecule has 0 aliphatic carbocycles. The monoisotopic (exact) mass is 256 g/mol. The summed E-state index contributed by atoms with van der Waals surface area (Å²) in [7, 11) is 0. The molecule has 3 unspecified atom stereocenters. The summed E-state index contributed by atoms with van der Waals surface area (Å²) >= 11 is 0. The average Bonchev–Trinajstić information content (AvgIpc) is 2.36. The van der Waals surface area contributed by atoms with Crippen LogP contribution in [0.1, 0.15) is 40.0 Å². The number of piperidine rings is 1. The predicted octanol–water partition coefficient (Wildman–Crippen LogP) is 1.15. The van der Waals surface area contributed by atoms with Gasteiger partial charge in [-0.25, -0.2) is 0 Å². The molecule has 1 aliphatic rings. The quantitative estimate of drug-likeness (QED) is 0.668. The van der Waals surface area contributed by atoms with Crippen molar-refractivity contribution in [3.63, 3.8) is 0 Å². The molecule has 3 atom stereocenters. The fourth-order valence-electron chi connectivity index (χ4n) is 2.51. The fraction of sp³-hybridized carbons (Fsp3) is 0.929. The largest absolute Gasteiger partial charge is 0.394 e. The van der Waals surface area contributed by atoms with Crippen LogP contribution in [-0.4, -0.2) is 36.8 Å². The Labute approximate surface area is 111 Å². The molecule has 4 heteroatoms. The van der Waals surface area contributed by atoms with E-state index in [0.29, 0.717) is 18.3 Å². The van der Waals surface area contributed by atoms with E-state index in [9.17, 15) is 9.90 Å². The number of nitrogens with one attached hydrogen (secondary N) is 2. The van der Waals surface area contributed by atoms with Gasteiger partial charge in [0, 0.05) is 6.42 Å². The third-order valence-electron chi connectivity index (χ3n) is 3.99. The maximum atomic E-state index is 11.9. The van der Waals surface area contributed by atoms with Gasteiger partial charge in [0.2, 0.25) is 5.91 Å². The summed E-state index contributed by atoms with van der Waals surface area (Å²) in [6, 6.07) is -0.116. The Bertz CT molecular complexity index is 250. The van der Waals surface area contributed by atoms with Crippen LogP contribution in [0, 0.1) is 17.8 Å². The Kier molecular flexibility index (Phi) is 6.65. The van der Waals surface area contributed by atoms with E-state index in [-0.39, 0.29) is 24.5 Å². The Morgan fingerprint density at radius 1 is 1.44 bits per heavy atom. The van der Waals surface area contributed by atoms with Gasteiger partial charge in [-0.2, -0.15) is 0 Å².